The van der Waals surface area contributed by atoms with E-state index in [2.05, 4.69) is 24.8 Å². The van der Waals surface area contributed by atoms with Crippen LogP contribution in [0.3, 0.4) is 0 Å². The summed E-state index contributed by atoms with van der Waals surface area (Å²) in [6.45, 7) is 8.17. The fourth-order valence-electron chi connectivity index (χ4n) is 5.72. The Morgan fingerprint density at radius 3 is 1.38 bits per heavy atom. The number of piperazine rings is 1. The van der Waals surface area contributed by atoms with Crippen molar-refractivity contribution in [2.45, 2.75) is 0 Å². The van der Waals surface area contributed by atoms with Gasteiger partial charge in [-0.25, -0.2) is 24.5 Å². The Balaban J connectivity index is 0.000000180. The van der Waals surface area contributed by atoms with Gasteiger partial charge in [0.25, 0.3) is 5.91 Å². The van der Waals surface area contributed by atoms with Crippen molar-refractivity contribution in [2.24, 2.45) is 0 Å². The average Bonchev–Trinajstić information content (AvgIpc) is 3.18. The number of halogens is 4. The maximum atomic E-state index is 13.0. The van der Waals surface area contributed by atoms with Crippen LogP contribution in [0.2, 0.25) is 20.6 Å². The lowest BCUT2D eigenvalue weighted by Crippen LogP contribution is -2.48. The van der Waals surface area contributed by atoms with E-state index >= 15 is 0 Å². The van der Waals surface area contributed by atoms with Crippen LogP contribution in [0, 0.1) is 0 Å². The molecule has 0 saturated carbocycles. The molecule has 7 rings (SSSR count). The number of carbonyl (C=O) groups excluding carboxylic acids is 1. The molecule has 3 aliphatic rings. The molecule has 3 saturated heterocycles. The van der Waals surface area contributed by atoms with E-state index < -0.39 is 11.9 Å². The number of morpholine rings is 2. The van der Waals surface area contributed by atoms with E-state index in [-0.39, 0.29) is 38.2 Å². The first-order valence-corrected chi connectivity index (χ1v) is 18.5. The van der Waals surface area contributed by atoms with E-state index in [1.807, 2.05) is 28.0 Å². The van der Waals surface area contributed by atoms with Gasteiger partial charge >= 0.3 is 11.9 Å². The number of ether oxygens (including phenoxy) is 2. The Labute approximate surface area is 336 Å². The second-order valence-corrected chi connectivity index (χ2v) is 13.7. The van der Waals surface area contributed by atoms with Gasteiger partial charge in [0.2, 0.25) is 0 Å². The zero-order chi connectivity index (χ0) is 39.5. The molecule has 4 aromatic rings. The highest BCUT2D eigenvalue weighted by molar-refractivity contribution is 6.33. The number of hydrogen-bond acceptors (Lipinski definition) is 12. The van der Waals surface area contributed by atoms with Gasteiger partial charge in [0.05, 0.1) is 37.6 Å². The fourth-order valence-corrected chi connectivity index (χ4v) is 6.59. The third kappa shape index (κ3) is 12.2. The molecule has 0 atom stereocenters. The van der Waals surface area contributed by atoms with Gasteiger partial charge in [-0.2, -0.15) is 0 Å². The number of rotatable bonds is 6. The fraction of sp³-hybridized carbons (Fsp3) is 0.333. The van der Waals surface area contributed by atoms with Gasteiger partial charge in [-0.3, -0.25) is 4.79 Å². The first-order chi connectivity index (χ1) is 26.4. The van der Waals surface area contributed by atoms with E-state index in [1.165, 1.54) is 24.3 Å². The Bertz CT molecular complexity index is 1940. The predicted molar refractivity (Wildman–Crippen MR) is 209 cm³/mol. The number of aromatic hydroxyl groups is 1. The summed E-state index contributed by atoms with van der Waals surface area (Å²) in [4.78, 5) is 54.4. The standard InChI is InChI=1S/C20H23ClN4O3.C10H11ClN2O3.C6H3Cl2NO2/c21-18-13-15(14-19(22-18)24-9-11-28-12-10-24)20(27)25-7-5-23(6-8-25)16-1-3-17(26)4-2-16;11-8-5-7(10(14)15)6-9(12-8)13-1-3-16-4-2-13;7-4-1-3(6(10)11)2-5(8)9-4/h1-4,13-14,26H,5-12H2;5-6H,1-4H2,(H,14,15);1-2H,(H,10,11). The Morgan fingerprint density at radius 2 is 0.927 bits per heavy atom. The molecule has 3 N–H and O–H groups in total. The third-order valence-electron chi connectivity index (χ3n) is 8.52. The average molecular weight is 838 g/mol. The molecular formula is C36H37Cl4N7O8. The van der Waals surface area contributed by atoms with Crippen molar-refractivity contribution in [1.29, 1.82) is 0 Å². The van der Waals surface area contributed by atoms with E-state index in [9.17, 15) is 19.5 Å². The van der Waals surface area contributed by atoms with Crippen LogP contribution in [-0.4, -0.2) is 132 Å². The number of carboxylic acid groups (broad SMARTS) is 2. The number of amides is 1. The van der Waals surface area contributed by atoms with Crippen LogP contribution in [0.5, 0.6) is 5.75 Å². The van der Waals surface area contributed by atoms with Crippen molar-refractivity contribution >= 4 is 81.6 Å². The summed E-state index contributed by atoms with van der Waals surface area (Å²) in [6, 6.07) is 15.9. The summed E-state index contributed by atoms with van der Waals surface area (Å²) in [5.74, 6) is -0.530. The number of phenolic OH excluding ortho intramolecular Hbond substituents is 1. The Hall–Kier alpha value is -4.64. The van der Waals surface area contributed by atoms with Crippen molar-refractivity contribution in [2.75, 3.05) is 93.5 Å². The van der Waals surface area contributed by atoms with Crippen LogP contribution in [0.25, 0.3) is 0 Å². The van der Waals surface area contributed by atoms with E-state index in [1.54, 1.807) is 18.2 Å². The van der Waals surface area contributed by atoms with Gasteiger partial charge in [0.1, 0.15) is 38.0 Å². The summed E-state index contributed by atoms with van der Waals surface area (Å²) in [5.41, 5.74) is 1.81. The van der Waals surface area contributed by atoms with E-state index in [4.69, 9.17) is 66.1 Å². The zero-order valence-corrected chi connectivity index (χ0v) is 32.3. The maximum Gasteiger partial charge on any atom is 0.335 e. The lowest BCUT2D eigenvalue weighted by atomic mass is 10.2. The molecular weight excluding hydrogens is 800 g/mol. The predicted octanol–water partition coefficient (Wildman–Crippen LogP) is 5.60. The monoisotopic (exact) mass is 835 g/mol. The van der Waals surface area contributed by atoms with Crippen LogP contribution in [0.4, 0.5) is 17.3 Å². The van der Waals surface area contributed by atoms with E-state index in [0.29, 0.717) is 69.1 Å². The highest BCUT2D eigenvalue weighted by atomic mass is 35.5. The molecule has 292 valence electrons. The molecule has 0 bridgehead atoms. The summed E-state index contributed by atoms with van der Waals surface area (Å²) in [6.07, 6.45) is 0. The minimum Gasteiger partial charge on any atom is -0.508 e. The molecule has 0 radical (unpaired) electrons. The second-order valence-electron chi connectivity index (χ2n) is 12.2. The Kier molecular flexibility index (Phi) is 14.9. The summed E-state index contributed by atoms with van der Waals surface area (Å²) in [7, 11) is 0. The van der Waals surface area contributed by atoms with Crippen LogP contribution in [-0.2, 0) is 9.47 Å². The normalized spacial score (nSPS) is 15.6. The number of anilines is 3. The van der Waals surface area contributed by atoms with Crippen LogP contribution in [0.1, 0.15) is 31.1 Å². The number of carboxylic acids is 2. The summed E-state index contributed by atoms with van der Waals surface area (Å²) >= 11 is 22.9. The molecule has 55 heavy (non-hydrogen) atoms. The Morgan fingerprint density at radius 1 is 0.527 bits per heavy atom. The number of hydrogen-bond donors (Lipinski definition) is 3. The van der Waals surface area contributed by atoms with Gasteiger partial charge in [-0.15, -0.1) is 0 Å². The molecule has 3 aromatic heterocycles. The first-order valence-electron chi connectivity index (χ1n) is 17.0. The summed E-state index contributed by atoms with van der Waals surface area (Å²) < 4.78 is 10.6. The van der Waals surface area contributed by atoms with Crippen LogP contribution in [0.15, 0.2) is 60.7 Å². The second kappa shape index (κ2) is 19.8. The third-order valence-corrected chi connectivity index (χ3v) is 9.29. The smallest absolute Gasteiger partial charge is 0.335 e. The molecule has 15 nitrogen and oxygen atoms in total. The van der Waals surface area contributed by atoms with Gasteiger partial charge in [0, 0.05) is 63.6 Å². The number of carbonyl (C=O) groups is 3. The largest absolute Gasteiger partial charge is 0.508 e. The van der Waals surface area contributed by atoms with Crippen molar-refractivity contribution in [3.05, 3.63) is 98.0 Å². The molecule has 0 unspecified atom stereocenters. The quantitative estimate of drug-likeness (QED) is 0.204. The first kappa shape index (κ1) is 41.5. The highest BCUT2D eigenvalue weighted by Gasteiger charge is 2.24. The topological polar surface area (TPSA) is 182 Å². The van der Waals surface area contributed by atoms with Crippen molar-refractivity contribution in [3.8, 4) is 5.75 Å². The lowest BCUT2D eigenvalue weighted by Gasteiger charge is -2.36. The number of benzene rings is 1. The number of aromatic nitrogens is 3. The molecule has 1 amide bonds. The van der Waals surface area contributed by atoms with Crippen LogP contribution < -0.4 is 14.7 Å². The number of phenols is 1. The summed E-state index contributed by atoms with van der Waals surface area (Å²) in [5, 5.41) is 27.5. The zero-order valence-electron chi connectivity index (χ0n) is 29.3. The van der Waals surface area contributed by atoms with Gasteiger partial charge in [-0.05, 0) is 60.7 Å². The lowest BCUT2D eigenvalue weighted by molar-refractivity contribution is 0.0686. The van der Waals surface area contributed by atoms with Gasteiger partial charge < -0.3 is 44.4 Å². The number of aromatic carboxylic acids is 2. The molecule has 0 spiro atoms. The van der Waals surface area contributed by atoms with E-state index in [0.717, 1.165) is 37.7 Å². The number of nitrogens with zero attached hydrogens (tertiary/aromatic N) is 7. The van der Waals surface area contributed by atoms with Gasteiger partial charge in [0.15, 0.2) is 0 Å². The highest BCUT2D eigenvalue weighted by Crippen LogP contribution is 2.24. The van der Waals surface area contributed by atoms with Crippen molar-refractivity contribution < 1.29 is 39.2 Å². The van der Waals surface area contributed by atoms with Crippen molar-refractivity contribution in [1.82, 2.24) is 19.9 Å². The molecule has 1 aromatic carbocycles. The SMILES string of the molecule is O=C(O)c1cc(Cl)nc(Cl)c1.O=C(O)c1cc(Cl)nc(N2CCOCC2)c1.O=C(c1cc(Cl)nc(N2CCOCC2)c1)N1CCN(c2ccc(O)cc2)CC1. The maximum absolute atomic E-state index is 13.0. The van der Waals surface area contributed by atoms with Crippen LogP contribution >= 0.6 is 46.4 Å². The molecule has 3 fully saturated rings. The minimum absolute atomic E-state index is 0.0239. The molecule has 3 aliphatic heterocycles. The van der Waals surface area contributed by atoms with Gasteiger partial charge in [-0.1, -0.05) is 46.4 Å². The molecule has 19 heteroatoms. The number of pyridine rings is 3. The molecule has 6 heterocycles. The van der Waals surface area contributed by atoms with Crippen molar-refractivity contribution in [3.63, 3.8) is 0 Å². The minimum atomic E-state index is -1.07. The molecule has 0 aliphatic carbocycles.